The van der Waals surface area contributed by atoms with Gasteiger partial charge < -0.3 is 28.4 Å². The Kier molecular flexibility index (Phi) is 11.8. The van der Waals surface area contributed by atoms with Gasteiger partial charge in [0.1, 0.15) is 18.8 Å². The van der Waals surface area contributed by atoms with Crippen LogP contribution in [0.4, 0.5) is 0 Å². The summed E-state index contributed by atoms with van der Waals surface area (Å²) in [6.07, 6.45) is -3.38. The summed E-state index contributed by atoms with van der Waals surface area (Å²) in [4.78, 5) is 50.7. The molecular weight excluding hydrogens is 452 g/mol. The molecule has 2 saturated heterocycles. The molecule has 0 bridgehead atoms. The van der Waals surface area contributed by atoms with Gasteiger partial charge in [-0.15, -0.1) is 0 Å². The number of ether oxygens (including phenoxy) is 6. The predicted octanol–water partition coefficient (Wildman–Crippen LogP) is 1.86. The third kappa shape index (κ3) is 8.16. The summed E-state index contributed by atoms with van der Waals surface area (Å²) in [5.41, 5.74) is 0. The Hall–Kier alpha value is -2.33. The fourth-order valence-corrected chi connectivity index (χ4v) is 4.17. The first-order valence-electron chi connectivity index (χ1n) is 11.3. The summed E-state index contributed by atoms with van der Waals surface area (Å²) in [7, 11) is 0. The van der Waals surface area contributed by atoms with Gasteiger partial charge in [-0.25, -0.2) is 0 Å². The second-order valence-electron chi connectivity index (χ2n) is 8.86. The van der Waals surface area contributed by atoms with E-state index in [0.29, 0.717) is 0 Å². The van der Waals surface area contributed by atoms with E-state index in [1.54, 1.807) is 13.8 Å². The first kappa shape index (κ1) is 29.7. The van der Waals surface area contributed by atoms with Gasteiger partial charge in [0, 0.05) is 26.7 Å². The van der Waals surface area contributed by atoms with Crippen molar-refractivity contribution in [1.29, 1.82) is 0 Å². The molecule has 0 aliphatic carbocycles. The van der Waals surface area contributed by atoms with Gasteiger partial charge >= 0.3 is 24.1 Å². The van der Waals surface area contributed by atoms with E-state index in [1.807, 2.05) is 6.92 Å². The quantitative estimate of drug-likeness (QED) is 0.399. The maximum absolute atomic E-state index is 11.8. The van der Waals surface area contributed by atoms with Crippen LogP contribution in [0.25, 0.3) is 0 Å². The average molecular weight is 489 g/mol. The summed E-state index contributed by atoms with van der Waals surface area (Å²) >= 11 is 0. The lowest BCUT2D eigenvalue weighted by molar-refractivity contribution is -0.328. The van der Waals surface area contributed by atoms with E-state index in [2.05, 4.69) is 13.8 Å². The molecule has 2 aliphatic heterocycles. The van der Waals surface area contributed by atoms with Crippen molar-refractivity contribution in [2.75, 3.05) is 6.61 Å². The number of esters is 3. The molecule has 0 spiro atoms. The van der Waals surface area contributed by atoms with Crippen LogP contribution in [0.15, 0.2) is 0 Å². The van der Waals surface area contributed by atoms with Crippen molar-refractivity contribution >= 4 is 24.1 Å². The molecule has 194 valence electrons. The monoisotopic (exact) mass is 488 g/mol. The Bertz CT molecular complexity index is 732. The molecule has 2 heterocycles. The fraction of sp³-hybridized carbons (Fsp3) is 0.826. The third-order valence-electron chi connectivity index (χ3n) is 6.39. The Labute approximate surface area is 199 Å². The lowest BCUT2D eigenvalue weighted by Gasteiger charge is -2.48. The molecule has 0 amide bonds. The van der Waals surface area contributed by atoms with Gasteiger partial charge in [-0.2, -0.15) is 9.59 Å². The van der Waals surface area contributed by atoms with Crippen molar-refractivity contribution in [2.24, 2.45) is 23.7 Å². The van der Waals surface area contributed by atoms with Crippen LogP contribution in [0.1, 0.15) is 55.4 Å². The van der Waals surface area contributed by atoms with Crippen LogP contribution in [0.2, 0.25) is 0 Å². The van der Waals surface area contributed by atoms with Crippen molar-refractivity contribution in [3.63, 3.8) is 0 Å². The lowest BCUT2D eigenvalue weighted by atomic mass is 9.79. The number of rotatable bonds is 6. The van der Waals surface area contributed by atoms with E-state index in [-0.39, 0.29) is 42.6 Å². The molecule has 11 heteroatoms. The van der Waals surface area contributed by atoms with Crippen molar-refractivity contribution in [2.45, 2.75) is 92.4 Å². The highest BCUT2D eigenvalue weighted by molar-refractivity contribution is 5.67. The summed E-state index contributed by atoms with van der Waals surface area (Å²) < 4.78 is 34.4. The van der Waals surface area contributed by atoms with Crippen LogP contribution in [-0.4, -0.2) is 67.7 Å². The highest BCUT2D eigenvalue weighted by Crippen LogP contribution is 2.39. The van der Waals surface area contributed by atoms with Crippen molar-refractivity contribution in [3.8, 4) is 0 Å². The maximum Gasteiger partial charge on any atom is 0.373 e. The normalized spacial score (nSPS) is 37.3. The van der Waals surface area contributed by atoms with Gasteiger partial charge in [-0.05, 0) is 18.8 Å². The molecule has 2 rings (SSSR count). The summed E-state index contributed by atoms with van der Waals surface area (Å²) in [5.74, 6) is -1.33. The second-order valence-corrected chi connectivity index (χ2v) is 8.86. The number of hydrogen-bond acceptors (Lipinski definition) is 11. The van der Waals surface area contributed by atoms with Gasteiger partial charge in [0.15, 0.2) is 6.29 Å². The van der Waals surface area contributed by atoms with Crippen LogP contribution in [-0.2, 0) is 52.4 Å². The number of hydrogen-bond donors (Lipinski definition) is 0. The molecule has 10 atom stereocenters. The van der Waals surface area contributed by atoms with E-state index in [9.17, 15) is 14.4 Å². The van der Waals surface area contributed by atoms with Gasteiger partial charge in [0.25, 0.3) is 0 Å². The minimum Gasteiger partial charge on any atom is -0.463 e. The maximum atomic E-state index is 11.8. The molecule has 34 heavy (non-hydrogen) atoms. The van der Waals surface area contributed by atoms with Crippen LogP contribution >= 0.6 is 0 Å². The molecule has 2 fully saturated rings. The van der Waals surface area contributed by atoms with Gasteiger partial charge in [0.2, 0.25) is 6.29 Å². The Morgan fingerprint density at radius 3 is 1.76 bits per heavy atom. The minimum atomic E-state index is -0.850. The van der Waals surface area contributed by atoms with Gasteiger partial charge in [-0.3, -0.25) is 14.4 Å². The zero-order chi connectivity index (χ0) is 26.2. The summed E-state index contributed by atoms with van der Waals surface area (Å²) in [6, 6.07) is 0. The van der Waals surface area contributed by atoms with E-state index >= 15 is 0 Å². The number of carbonyl (C=O) groups excluding carboxylic acids is 5. The molecule has 0 N–H and O–H groups in total. The first-order valence-corrected chi connectivity index (χ1v) is 11.3. The fourth-order valence-electron chi connectivity index (χ4n) is 4.17. The van der Waals surface area contributed by atoms with E-state index in [4.69, 9.17) is 38.0 Å². The molecule has 0 saturated carbocycles. The second kappa shape index (κ2) is 13.5. The zero-order valence-corrected chi connectivity index (χ0v) is 21.0. The Morgan fingerprint density at radius 2 is 1.26 bits per heavy atom. The largest absolute Gasteiger partial charge is 0.463 e. The topological polar surface area (TPSA) is 141 Å². The van der Waals surface area contributed by atoms with E-state index < -0.39 is 48.7 Å². The van der Waals surface area contributed by atoms with E-state index in [1.165, 1.54) is 20.8 Å². The average Bonchev–Trinajstić information content (AvgIpc) is 2.73. The SMILES string of the molecule is CC(=O)OCC1O[C@H](O[C@@H]2C(C)O[C@@H](OC(C)=O)C(C)[C@@H]2OC(C)=O)C(C)[C@@H](C)[C@@H]1C.O=C=O. The van der Waals surface area contributed by atoms with Crippen LogP contribution in [0.5, 0.6) is 0 Å². The molecule has 0 aromatic carbocycles. The van der Waals surface area contributed by atoms with Crippen molar-refractivity contribution in [3.05, 3.63) is 0 Å². The Balaban J connectivity index is 0.00000182. The summed E-state index contributed by atoms with van der Waals surface area (Å²) in [6.45, 7) is 13.9. The molecule has 0 aromatic rings. The third-order valence-corrected chi connectivity index (χ3v) is 6.39. The van der Waals surface area contributed by atoms with Gasteiger partial charge in [-0.1, -0.05) is 27.7 Å². The Morgan fingerprint density at radius 1 is 0.706 bits per heavy atom. The first-order chi connectivity index (χ1) is 15.8. The zero-order valence-electron chi connectivity index (χ0n) is 21.0. The van der Waals surface area contributed by atoms with Gasteiger partial charge in [0.05, 0.1) is 18.1 Å². The highest BCUT2D eigenvalue weighted by Gasteiger charge is 2.49. The van der Waals surface area contributed by atoms with Crippen LogP contribution in [0, 0.1) is 23.7 Å². The van der Waals surface area contributed by atoms with E-state index in [0.717, 1.165) is 0 Å². The molecule has 0 aromatic heterocycles. The highest BCUT2D eigenvalue weighted by atomic mass is 16.7. The van der Waals surface area contributed by atoms with Crippen molar-refractivity contribution in [1.82, 2.24) is 0 Å². The number of carbonyl (C=O) groups is 3. The van der Waals surface area contributed by atoms with Crippen LogP contribution in [0.3, 0.4) is 0 Å². The predicted molar refractivity (Wildman–Crippen MR) is 113 cm³/mol. The smallest absolute Gasteiger partial charge is 0.373 e. The molecule has 0 radical (unpaired) electrons. The van der Waals surface area contributed by atoms with Crippen LogP contribution < -0.4 is 0 Å². The molecule has 11 nitrogen and oxygen atoms in total. The summed E-state index contributed by atoms with van der Waals surface area (Å²) in [5, 5.41) is 0. The molecule has 2 aliphatic rings. The standard InChI is InChI=1S/C22H36O9.CO2/c1-10-11(2)18(9-26-15(6)23)30-21(12(10)3)31-20-14(5)27-22(29-17(8)25)13(4)19(20)28-16(7)24;2-1-3/h10-14,18-22H,9H2,1-8H3;/t10-,11-,12?,13?,14?,18?,19-,20+,21+,22-;/m0./s1. The lowest BCUT2D eigenvalue weighted by Crippen LogP contribution is -2.59. The molecule has 4 unspecified atom stereocenters. The minimum absolute atomic E-state index is 0.0373. The molecular formula is C23H36O11. The van der Waals surface area contributed by atoms with Crippen molar-refractivity contribution < 1.29 is 52.4 Å².